The van der Waals surface area contributed by atoms with Crippen LogP contribution >= 0.6 is 0 Å². The van der Waals surface area contributed by atoms with Gasteiger partial charge in [-0.05, 0) is 24.3 Å². The summed E-state index contributed by atoms with van der Waals surface area (Å²) in [7, 11) is 1.54. The van der Waals surface area contributed by atoms with Crippen LogP contribution in [0.25, 0.3) is 11.0 Å². The van der Waals surface area contributed by atoms with E-state index in [0.29, 0.717) is 5.76 Å². The van der Waals surface area contributed by atoms with Crippen LogP contribution in [0.1, 0.15) is 11.9 Å². The van der Waals surface area contributed by atoms with E-state index in [0.717, 1.165) is 11.0 Å². The third-order valence-electron chi connectivity index (χ3n) is 3.73. The second kappa shape index (κ2) is 7.81. The largest absolute Gasteiger partial charge is 0.481 e. The van der Waals surface area contributed by atoms with E-state index in [4.69, 9.17) is 13.9 Å². The first-order valence-corrected chi connectivity index (χ1v) is 7.82. The highest BCUT2D eigenvalue weighted by atomic mass is 19.1. The third-order valence-corrected chi connectivity index (χ3v) is 3.73. The summed E-state index contributed by atoms with van der Waals surface area (Å²) in [6.45, 7) is -0.0622. The van der Waals surface area contributed by atoms with E-state index >= 15 is 0 Å². The number of methoxy groups -OCH3 is 1. The van der Waals surface area contributed by atoms with Gasteiger partial charge in [-0.15, -0.1) is 0 Å². The van der Waals surface area contributed by atoms with Crippen molar-refractivity contribution in [1.82, 2.24) is 5.32 Å². The van der Waals surface area contributed by atoms with Crippen LogP contribution in [0.2, 0.25) is 0 Å². The molecule has 0 spiro atoms. The number of para-hydroxylation sites is 2. The minimum atomic E-state index is -0.507. The number of halogens is 1. The Morgan fingerprint density at radius 2 is 1.96 bits per heavy atom. The summed E-state index contributed by atoms with van der Waals surface area (Å²) >= 11 is 0. The molecule has 1 amide bonds. The Morgan fingerprint density at radius 3 is 2.72 bits per heavy atom. The number of hydrogen-bond acceptors (Lipinski definition) is 4. The van der Waals surface area contributed by atoms with Gasteiger partial charge in [0, 0.05) is 12.5 Å². The number of furan rings is 1. The van der Waals surface area contributed by atoms with Gasteiger partial charge in [0.15, 0.2) is 18.2 Å². The predicted octanol–water partition coefficient (Wildman–Crippen LogP) is 3.45. The van der Waals surface area contributed by atoms with E-state index in [1.807, 2.05) is 30.3 Å². The van der Waals surface area contributed by atoms with Crippen LogP contribution < -0.4 is 10.1 Å². The maximum Gasteiger partial charge on any atom is 0.258 e. The lowest BCUT2D eigenvalue weighted by Crippen LogP contribution is -2.33. The molecule has 0 aliphatic carbocycles. The maximum atomic E-state index is 13.4. The van der Waals surface area contributed by atoms with Crippen LogP contribution in [0.4, 0.5) is 4.39 Å². The summed E-state index contributed by atoms with van der Waals surface area (Å²) in [5.74, 6) is -0.217. The zero-order valence-electron chi connectivity index (χ0n) is 13.7. The van der Waals surface area contributed by atoms with Crippen molar-refractivity contribution in [3.05, 3.63) is 66.2 Å². The van der Waals surface area contributed by atoms with Crippen molar-refractivity contribution in [3.8, 4) is 5.75 Å². The lowest BCUT2D eigenvalue weighted by atomic mass is 10.2. The van der Waals surface area contributed by atoms with Gasteiger partial charge in [0.05, 0.1) is 6.54 Å². The maximum absolute atomic E-state index is 13.4. The third kappa shape index (κ3) is 4.16. The van der Waals surface area contributed by atoms with Gasteiger partial charge >= 0.3 is 0 Å². The SMILES string of the molecule is CO[C@@H](CNC(=O)COc1ccccc1F)c1cc2ccccc2o1. The number of ether oxygens (including phenoxy) is 2. The number of fused-ring (bicyclic) bond motifs is 1. The van der Waals surface area contributed by atoms with Crippen LogP contribution in [0, 0.1) is 5.82 Å². The molecular formula is C19H18FNO4. The molecule has 3 rings (SSSR count). The van der Waals surface area contributed by atoms with Gasteiger partial charge in [-0.2, -0.15) is 0 Å². The molecule has 0 unspecified atom stereocenters. The number of rotatable bonds is 7. The van der Waals surface area contributed by atoms with Gasteiger partial charge in [-0.1, -0.05) is 30.3 Å². The quantitative estimate of drug-likeness (QED) is 0.714. The molecule has 0 saturated heterocycles. The first-order valence-electron chi connectivity index (χ1n) is 7.82. The molecule has 0 aliphatic heterocycles. The Balaban J connectivity index is 1.55. The minimum absolute atomic E-state index is 0.0400. The summed E-state index contributed by atoms with van der Waals surface area (Å²) in [5.41, 5.74) is 0.758. The molecule has 6 heteroatoms. The Bertz CT molecular complexity index is 828. The van der Waals surface area contributed by atoms with E-state index < -0.39 is 11.9 Å². The first kappa shape index (κ1) is 17.0. The Hall–Kier alpha value is -2.86. The van der Waals surface area contributed by atoms with Gasteiger partial charge in [0.1, 0.15) is 17.4 Å². The number of carbonyl (C=O) groups excluding carboxylic acids is 1. The van der Waals surface area contributed by atoms with Crippen LogP contribution in [0.15, 0.2) is 59.0 Å². The Kier molecular flexibility index (Phi) is 5.30. The zero-order valence-corrected chi connectivity index (χ0v) is 13.7. The van der Waals surface area contributed by atoms with Crippen molar-refractivity contribution in [1.29, 1.82) is 0 Å². The average Bonchev–Trinajstić information content (AvgIpc) is 3.05. The highest BCUT2D eigenvalue weighted by molar-refractivity contribution is 5.78. The zero-order chi connectivity index (χ0) is 17.6. The molecule has 1 N–H and O–H groups in total. The lowest BCUT2D eigenvalue weighted by Gasteiger charge is -2.14. The van der Waals surface area contributed by atoms with Crippen molar-refractivity contribution < 1.29 is 23.1 Å². The molecule has 1 aromatic heterocycles. The van der Waals surface area contributed by atoms with Crippen LogP contribution in [-0.4, -0.2) is 26.2 Å². The van der Waals surface area contributed by atoms with Gasteiger partial charge in [0.25, 0.3) is 5.91 Å². The van der Waals surface area contributed by atoms with Crippen molar-refractivity contribution in [2.75, 3.05) is 20.3 Å². The fraction of sp³-hybridized carbons (Fsp3) is 0.211. The van der Waals surface area contributed by atoms with E-state index in [-0.39, 0.29) is 24.8 Å². The topological polar surface area (TPSA) is 60.7 Å². The van der Waals surface area contributed by atoms with E-state index in [2.05, 4.69) is 5.32 Å². The van der Waals surface area contributed by atoms with E-state index in [1.54, 1.807) is 19.2 Å². The van der Waals surface area contributed by atoms with Crippen molar-refractivity contribution in [2.45, 2.75) is 6.10 Å². The van der Waals surface area contributed by atoms with E-state index in [1.165, 1.54) is 12.1 Å². The average molecular weight is 343 g/mol. The normalized spacial score (nSPS) is 12.1. The van der Waals surface area contributed by atoms with Gasteiger partial charge in [-0.3, -0.25) is 4.79 Å². The molecule has 0 bridgehead atoms. The summed E-state index contributed by atoms with van der Waals surface area (Å²) in [6, 6.07) is 15.4. The monoisotopic (exact) mass is 343 g/mol. The molecule has 5 nitrogen and oxygen atoms in total. The number of carbonyl (C=O) groups is 1. The highest BCUT2D eigenvalue weighted by Crippen LogP contribution is 2.25. The molecule has 1 atom stereocenters. The highest BCUT2D eigenvalue weighted by Gasteiger charge is 2.17. The fourth-order valence-electron chi connectivity index (χ4n) is 2.42. The van der Waals surface area contributed by atoms with Gasteiger partial charge in [-0.25, -0.2) is 4.39 Å². The smallest absolute Gasteiger partial charge is 0.258 e. The van der Waals surface area contributed by atoms with Crippen molar-refractivity contribution in [3.63, 3.8) is 0 Å². The first-order chi connectivity index (χ1) is 12.2. The molecule has 0 radical (unpaired) electrons. The van der Waals surface area contributed by atoms with E-state index in [9.17, 15) is 9.18 Å². The number of benzene rings is 2. The summed E-state index contributed by atoms with van der Waals surface area (Å²) in [4.78, 5) is 11.9. The number of hydrogen-bond donors (Lipinski definition) is 1. The molecule has 25 heavy (non-hydrogen) atoms. The summed E-state index contributed by atoms with van der Waals surface area (Å²) in [6.07, 6.45) is -0.426. The number of nitrogens with one attached hydrogen (secondary N) is 1. The molecule has 0 fully saturated rings. The van der Waals surface area contributed by atoms with Crippen LogP contribution in [0.5, 0.6) is 5.75 Å². The standard InChI is InChI=1S/C19H18FNO4/c1-23-18(17-10-13-6-2-4-8-15(13)25-17)11-21-19(22)12-24-16-9-5-3-7-14(16)20/h2-10,18H,11-12H2,1H3,(H,21,22)/t18-/m0/s1. The molecule has 2 aromatic carbocycles. The molecule has 0 aliphatic rings. The summed E-state index contributed by atoms with van der Waals surface area (Å²) < 4.78 is 29.7. The second-order valence-corrected chi connectivity index (χ2v) is 5.43. The van der Waals surface area contributed by atoms with Crippen molar-refractivity contribution >= 4 is 16.9 Å². The second-order valence-electron chi connectivity index (χ2n) is 5.43. The molecule has 0 saturated carbocycles. The van der Waals surface area contributed by atoms with Crippen LogP contribution in [0.3, 0.4) is 0 Å². The van der Waals surface area contributed by atoms with Gasteiger partial charge < -0.3 is 19.2 Å². The fourth-order valence-corrected chi connectivity index (χ4v) is 2.42. The summed E-state index contributed by atoms with van der Waals surface area (Å²) in [5, 5.41) is 3.66. The van der Waals surface area contributed by atoms with Gasteiger partial charge in [0.2, 0.25) is 0 Å². The molecule has 130 valence electrons. The predicted molar refractivity (Wildman–Crippen MR) is 90.9 cm³/mol. The number of amides is 1. The van der Waals surface area contributed by atoms with Crippen LogP contribution in [-0.2, 0) is 9.53 Å². The molecule has 3 aromatic rings. The lowest BCUT2D eigenvalue weighted by molar-refractivity contribution is -0.123. The minimum Gasteiger partial charge on any atom is -0.481 e. The molecule has 1 heterocycles. The Labute approximate surface area is 144 Å². The van der Waals surface area contributed by atoms with Crippen molar-refractivity contribution in [2.24, 2.45) is 0 Å². The Morgan fingerprint density at radius 1 is 1.20 bits per heavy atom. The molecular weight excluding hydrogens is 325 g/mol.